The second-order valence-corrected chi connectivity index (χ2v) is 11.4. The summed E-state index contributed by atoms with van der Waals surface area (Å²) in [6, 6.07) is 5.16. The fourth-order valence-corrected chi connectivity index (χ4v) is 2.53. The van der Waals surface area contributed by atoms with Gasteiger partial charge in [0.05, 0.1) is 5.52 Å². The molecule has 0 aliphatic heterocycles. The maximum atomic E-state index is 5.77. The van der Waals surface area contributed by atoms with Crippen molar-refractivity contribution in [1.82, 2.24) is 14.5 Å². The van der Waals surface area contributed by atoms with Crippen LogP contribution in [-0.2, 0) is 11.5 Å². The summed E-state index contributed by atoms with van der Waals surface area (Å²) >= 11 is 0. The third-order valence-electron chi connectivity index (χ3n) is 2.93. The summed E-state index contributed by atoms with van der Waals surface area (Å²) in [5.41, 5.74) is 1.84. The lowest BCUT2D eigenvalue weighted by atomic mass is 10.4. The predicted molar refractivity (Wildman–Crippen MR) is 76.4 cm³/mol. The predicted octanol–water partition coefficient (Wildman–Crippen LogP) is 3.05. The molecule has 0 N–H and O–H groups in total. The van der Waals surface area contributed by atoms with E-state index in [4.69, 9.17) is 4.74 Å². The molecule has 0 unspecified atom stereocenters. The summed E-state index contributed by atoms with van der Waals surface area (Å²) in [5.74, 6) is 0.955. The van der Waals surface area contributed by atoms with E-state index in [1.54, 1.807) is 6.20 Å². The van der Waals surface area contributed by atoms with Crippen molar-refractivity contribution >= 4 is 19.2 Å². The number of rotatable bonds is 5. The number of aromatic nitrogens is 3. The van der Waals surface area contributed by atoms with Gasteiger partial charge in [-0.05, 0) is 25.1 Å². The summed E-state index contributed by atoms with van der Waals surface area (Å²) in [7, 11) is -1.01. The van der Waals surface area contributed by atoms with Crippen molar-refractivity contribution in [3.8, 4) is 0 Å². The normalized spacial score (nSPS) is 12.2. The van der Waals surface area contributed by atoms with Crippen molar-refractivity contribution in [2.45, 2.75) is 39.3 Å². The Hall–Kier alpha value is -1.20. The van der Waals surface area contributed by atoms with Gasteiger partial charge >= 0.3 is 0 Å². The summed E-state index contributed by atoms with van der Waals surface area (Å²) in [6.07, 6.45) is 1.77. The number of fused-ring (bicyclic) bond motifs is 1. The van der Waals surface area contributed by atoms with Crippen molar-refractivity contribution in [3.05, 3.63) is 24.2 Å². The van der Waals surface area contributed by atoms with Gasteiger partial charge < -0.3 is 9.30 Å². The van der Waals surface area contributed by atoms with E-state index in [1.807, 2.05) is 19.1 Å². The number of hydrogen-bond acceptors (Lipinski definition) is 3. The lowest BCUT2D eigenvalue weighted by Crippen LogP contribution is -2.22. The van der Waals surface area contributed by atoms with Gasteiger partial charge in [0.1, 0.15) is 12.6 Å². The molecule has 0 radical (unpaired) electrons. The first-order valence-electron chi connectivity index (χ1n) is 6.33. The van der Waals surface area contributed by atoms with Gasteiger partial charge in [0, 0.05) is 20.9 Å². The minimum Gasteiger partial charge on any atom is -0.361 e. The molecule has 0 aliphatic rings. The first-order valence-corrected chi connectivity index (χ1v) is 10.0. The molecular formula is C13H21N3OSi. The molecule has 0 saturated carbocycles. The standard InChI is InChI=1S/C13H21N3OSi/c1-11-15-13-12(6-5-7-14-13)16(11)10-17-8-9-18(2,3)4/h5-7H,8-10H2,1-4H3. The second-order valence-electron chi connectivity index (χ2n) is 5.78. The van der Waals surface area contributed by atoms with Crippen LogP contribution in [0.4, 0.5) is 0 Å². The number of ether oxygens (including phenoxy) is 1. The molecule has 0 bridgehead atoms. The van der Waals surface area contributed by atoms with E-state index >= 15 is 0 Å². The van der Waals surface area contributed by atoms with Crippen LogP contribution < -0.4 is 0 Å². The van der Waals surface area contributed by atoms with E-state index in [2.05, 4.69) is 34.2 Å². The third kappa shape index (κ3) is 3.17. The van der Waals surface area contributed by atoms with Crippen LogP contribution in [0.15, 0.2) is 18.3 Å². The molecule has 98 valence electrons. The van der Waals surface area contributed by atoms with Crippen LogP contribution in [0.3, 0.4) is 0 Å². The minimum atomic E-state index is -1.01. The van der Waals surface area contributed by atoms with E-state index in [0.717, 1.165) is 23.6 Å². The van der Waals surface area contributed by atoms with E-state index < -0.39 is 8.07 Å². The van der Waals surface area contributed by atoms with Gasteiger partial charge in [0.2, 0.25) is 0 Å². The van der Waals surface area contributed by atoms with Gasteiger partial charge in [0.25, 0.3) is 0 Å². The average molecular weight is 263 g/mol. The number of nitrogens with zero attached hydrogens (tertiary/aromatic N) is 3. The highest BCUT2D eigenvalue weighted by Crippen LogP contribution is 2.14. The van der Waals surface area contributed by atoms with E-state index in [0.29, 0.717) is 6.73 Å². The fourth-order valence-electron chi connectivity index (χ4n) is 1.77. The Kier molecular flexibility index (Phi) is 3.82. The average Bonchev–Trinajstić information content (AvgIpc) is 2.59. The Balaban J connectivity index is 2.01. The van der Waals surface area contributed by atoms with Gasteiger partial charge in [0.15, 0.2) is 5.65 Å². The van der Waals surface area contributed by atoms with Crippen LogP contribution in [-0.4, -0.2) is 29.2 Å². The first-order chi connectivity index (χ1) is 8.47. The van der Waals surface area contributed by atoms with Crippen molar-refractivity contribution in [1.29, 1.82) is 0 Å². The highest BCUT2D eigenvalue weighted by atomic mass is 28.3. The molecule has 2 heterocycles. The van der Waals surface area contributed by atoms with E-state index in [1.165, 1.54) is 6.04 Å². The fraction of sp³-hybridized carbons (Fsp3) is 0.538. The molecule has 5 heteroatoms. The minimum absolute atomic E-state index is 0.568. The second kappa shape index (κ2) is 5.20. The monoisotopic (exact) mass is 263 g/mol. The molecule has 0 aromatic carbocycles. The quantitative estimate of drug-likeness (QED) is 0.615. The largest absolute Gasteiger partial charge is 0.361 e. The third-order valence-corrected chi connectivity index (χ3v) is 4.64. The van der Waals surface area contributed by atoms with Crippen molar-refractivity contribution < 1.29 is 4.74 Å². The molecular weight excluding hydrogens is 242 g/mol. The topological polar surface area (TPSA) is 39.9 Å². The van der Waals surface area contributed by atoms with Crippen LogP contribution in [0.25, 0.3) is 11.2 Å². The Bertz CT molecular complexity index is 531. The summed E-state index contributed by atoms with van der Waals surface area (Å²) in [5, 5.41) is 0. The number of hydrogen-bond donors (Lipinski definition) is 0. The Labute approximate surface area is 109 Å². The molecule has 0 spiro atoms. The van der Waals surface area contributed by atoms with Gasteiger partial charge in [-0.25, -0.2) is 9.97 Å². The highest BCUT2D eigenvalue weighted by molar-refractivity contribution is 6.76. The molecule has 0 fully saturated rings. The van der Waals surface area contributed by atoms with E-state index in [-0.39, 0.29) is 0 Å². The SMILES string of the molecule is Cc1nc2ncccc2n1COCC[Si](C)(C)C. The van der Waals surface area contributed by atoms with Crippen molar-refractivity contribution in [3.63, 3.8) is 0 Å². The lowest BCUT2D eigenvalue weighted by Gasteiger charge is -2.16. The van der Waals surface area contributed by atoms with E-state index in [9.17, 15) is 0 Å². The van der Waals surface area contributed by atoms with Crippen molar-refractivity contribution in [2.24, 2.45) is 0 Å². The maximum absolute atomic E-state index is 5.77. The summed E-state index contributed by atoms with van der Waals surface area (Å²) in [4.78, 5) is 8.67. The first kappa shape index (κ1) is 13.2. The Morgan fingerprint density at radius 3 is 2.83 bits per heavy atom. The molecule has 2 aromatic rings. The highest BCUT2D eigenvalue weighted by Gasteiger charge is 2.13. The number of aryl methyl sites for hydroxylation is 1. The van der Waals surface area contributed by atoms with Crippen LogP contribution in [0.1, 0.15) is 5.82 Å². The molecule has 4 nitrogen and oxygen atoms in total. The number of pyridine rings is 1. The molecule has 0 amide bonds. The molecule has 0 saturated heterocycles. The Morgan fingerprint density at radius 1 is 1.33 bits per heavy atom. The zero-order valence-corrected chi connectivity index (χ0v) is 12.6. The van der Waals surface area contributed by atoms with Gasteiger partial charge in [-0.3, -0.25) is 0 Å². The van der Waals surface area contributed by atoms with Crippen LogP contribution >= 0.6 is 0 Å². The summed E-state index contributed by atoms with van der Waals surface area (Å²) < 4.78 is 7.85. The van der Waals surface area contributed by atoms with Crippen LogP contribution in [0, 0.1) is 6.92 Å². The molecule has 18 heavy (non-hydrogen) atoms. The number of imidazole rings is 1. The zero-order chi connectivity index (χ0) is 13.2. The molecule has 2 aromatic heterocycles. The summed E-state index contributed by atoms with van der Waals surface area (Å²) in [6.45, 7) is 10.5. The van der Waals surface area contributed by atoms with Crippen molar-refractivity contribution in [2.75, 3.05) is 6.61 Å². The zero-order valence-electron chi connectivity index (χ0n) is 11.6. The molecule has 2 rings (SSSR count). The van der Waals surface area contributed by atoms with Gasteiger partial charge in [-0.1, -0.05) is 19.6 Å². The van der Waals surface area contributed by atoms with Gasteiger partial charge in [-0.15, -0.1) is 0 Å². The van der Waals surface area contributed by atoms with Gasteiger partial charge in [-0.2, -0.15) is 0 Å². The molecule has 0 aliphatic carbocycles. The smallest absolute Gasteiger partial charge is 0.177 e. The Morgan fingerprint density at radius 2 is 2.11 bits per heavy atom. The molecule has 0 atom stereocenters. The van der Waals surface area contributed by atoms with Crippen LogP contribution in [0.5, 0.6) is 0 Å². The lowest BCUT2D eigenvalue weighted by molar-refractivity contribution is 0.0885. The maximum Gasteiger partial charge on any atom is 0.177 e. The van der Waals surface area contributed by atoms with Crippen LogP contribution in [0.2, 0.25) is 25.7 Å².